The van der Waals surface area contributed by atoms with Gasteiger partial charge >= 0.3 is 0 Å². The highest BCUT2D eigenvalue weighted by molar-refractivity contribution is 6.55. The first-order valence-corrected chi connectivity index (χ1v) is 6.88. The quantitative estimate of drug-likeness (QED) is 0.313. The van der Waals surface area contributed by atoms with Crippen LogP contribution < -0.4 is 0 Å². The van der Waals surface area contributed by atoms with Crippen LogP contribution in [0.3, 0.4) is 0 Å². The third-order valence-electron chi connectivity index (χ3n) is 1.59. The Labute approximate surface area is 66.9 Å². The lowest BCUT2D eigenvalue weighted by atomic mass is 10.2. The highest BCUT2D eigenvalue weighted by Gasteiger charge is 1.94. The van der Waals surface area contributed by atoms with Crippen molar-refractivity contribution in [1.29, 1.82) is 0 Å². The summed E-state index contributed by atoms with van der Waals surface area (Å²) in [4.78, 5) is 0. The molecule has 0 saturated carbocycles. The molecule has 0 rings (SSSR count). The summed E-state index contributed by atoms with van der Waals surface area (Å²) in [6.07, 6.45) is 7.41. The molecule has 0 aromatic carbocycles. The second-order valence-electron chi connectivity index (χ2n) is 3.10. The van der Waals surface area contributed by atoms with Gasteiger partial charge in [-0.2, -0.15) is 0 Å². The van der Waals surface area contributed by atoms with E-state index in [2.05, 4.69) is 19.7 Å². The smallest absolute Gasteiger partial charge is 0.0412 e. The Kier molecular flexibility index (Phi) is 7.04. The van der Waals surface area contributed by atoms with E-state index in [0.29, 0.717) is 0 Å². The summed E-state index contributed by atoms with van der Waals surface area (Å²) in [6.45, 7) is 8.47. The molecule has 0 unspecified atom stereocenters. The van der Waals surface area contributed by atoms with Crippen LogP contribution in [0.4, 0.5) is 0 Å². The molecule has 1 radical (unpaired) electrons. The first kappa shape index (κ1) is 9.96. The number of rotatable bonds is 6. The lowest BCUT2D eigenvalue weighted by molar-refractivity contribution is 0.726. The van der Waals surface area contributed by atoms with Gasteiger partial charge in [0.1, 0.15) is 0 Å². The van der Waals surface area contributed by atoms with Gasteiger partial charge in [0, 0.05) is 8.80 Å². The molecule has 0 aromatic rings. The number of allylic oxidation sites excluding steroid dienone is 1. The molecule has 0 aliphatic heterocycles. The molecule has 0 aromatic heterocycles. The van der Waals surface area contributed by atoms with E-state index in [4.69, 9.17) is 0 Å². The van der Waals surface area contributed by atoms with Crippen LogP contribution in [0, 0.1) is 0 Å². The highest BCUT2D eigenvalue weighted by atomic mass is 28.3. The Morgan fingerprint density at radius 2 is 1.90 bits per heavy atom. The van der Waals surface area contributed by atoms with Crippen molar-refractivity contribution in [3.8, 4) is 0 Å². The van der Waals surface area contributed by atoms with Crippen molar-refractivity contribution in [1.82, 2.24) is 0 Å². The molecule has 0 bridgehead atoms. The van der Waals surface area contributed by atoms with E-state index in [-0.39, 0.29) is 8.80 Å². The summed E-state index contributed by atoms with van der Waals surface area (Å²) in [5, 5.41) is 0. The third-order valence-corrected chi connectivity index (χ3v) is 2.94. The maximum absolute atomic E-state index is 3.70. The molecule has 0 fully saturated rings. The molecule has 0 saturated heterocycles. The zero-order valence-corrected chi connectivity index (χ0v) is 8.32. The lowest BCUT2D eigenvalue weighted by Gasteiger charge is -2.00. The summed E-state index contributed by atoms with van der Waals surface area (Å²) in [5.41, 5.74) is 0. The summed E-state index contributed by atoms with van der Waals surface area (Å²) in [6, 6.07) is 1.49. The minimum Gasteiger partial charge on any atom is -0.103 e. The second kappa shape index (κ2) is 7.07. The fourth-order valence-electron chi connectivity index (χ4n) is 0.944. The minimum atomic E-state index is 0.0525. The van der Waals surface area contributed by atoms with E-state index in [0.717, 1.165) is 0 Å². The Balaban J connectivity index is 2.83. The average molecular weight is 155 g/mol. The topological polar surface area (TPSA) is 0 Å². The van der Waals surface area contributed by atoms with Gasteiger partial charge in [0.2, 0.25) is 0 Å². The standard InChI is InChI=1S/C9H19Si/c1-4-5-6-7-8-9-10(2)3/h4H,1,5-9H2,2-3H3. The zero-order valence-electron chi connectivity index (χ0n) is 7.32. The van der Waals surface area contributed by atoms with E-state index in [9.17, 15) is 0 Å². The molecule has 0 amide bonds. The summed E-state index contributed by atoms with van der Waals surface area (Å²) in [5.74, 6) is 0. The number of hydrogen-bond acceptors (Lipinski definition) is 0. The third kappa shape index (κ3) is 7.96. The molecule has 59 valence electrons. The van der Waals surface area contributed by atoms with Crippen molar-refractivity contribution in [2.24, 2.45) is 0 Å². The summed E-state index contributed by atoms with van der Waals surface area (Å²) in [7, 11) is 0.0525. The molecule has 0 aliphatic rings. The van der Waals surface area contributed by atoms with Gasteiger partial charge in [0.05, 0.1) is 0 Å². The van der Waals surface area contributed by atoms with Gasteiger partial charge in [-0.05, 0) is 12.8 Å². The largest absolute Gasteiger partial charge is 0.103 e. The second-order valence-corrected chi connectivity index (χ2v) is 6.01. The van der Waals surface area contributed by atoms with Gasteiger partial charge in [-0.15, -0.1) is 6.58 Å². The lowest BCUT2D eigenvalue weighted by Crippen LogP contribution is -1.97. The number of unbranched alkanes of at least 4 members (excludes halogenated alkanes) is 3. The predicted molar refractivity (Wildman–Crippen MR) is 51.0 cm³/mol. The van der Waals surface area contributed by atoms with Gasteiger partial charge in [-0.1, -0.05) is 38.1 Å². The zero-order chi connectivity index (χ0) is 7.82. The van der Waals surface area contributed by atoms with Crippen LogP contribution in [0.25, 0.3) is 0 Å². The van der Waals surface area contributed by atoms with Crippen molar-refractivity contribution >= 4 is 8.80 Å². The molecule has 0 N–H and O–H groups in total. The predicted octanol–water partition coefficient (Wildman–Crippen LogP) is 3.49. The van der Waals surface area contributed by atoms with Crippen LogP contribution in [0.15, 0.2) is 12.7 Å². The van der Waals surface area contributed by atoms with Crippen molar-refractivity contribution in [3.05, 3.63) is 12.7 Å². The highest BCUT2D eigenvalue weighted by Crippen LogP contribution is 2.05. The van der Waals surface area contributed by atoms with Gasteiger partial charge in [-0.25, -0.2) is 0 Å². The SMILES string of the molecule is C=CCCCCC[Si](C)C. The Morgan fingerprint density at radius 1 is 1.20 bits per heavy atom. The normalized spacial score (nSPS) is 10.3. The number of hydrogen-bond donors (Lipinski definition) is 0. The Hall–Kier alpha value is -0.0431. The van der Waals surface area contributed by atoms with Crippen LogP contribution in [0.2, 0.25) is 19.1 Å². The van der Waals surface area contributed by atoms with Crippen molar-refractivity contribution in [2.75, 3.05) is 0 Å². The van der Waals surface area contributed by atoms with Crippen molar-refractivity contribution in [3.63, 3.8) is 0 Å². The monoisotopic (exact) mass is 155 g/mol. The molecule has 0 heterocycles. The van der Waals surface area contributed by atoms with Crippen LogP contribution >= 0.6 is 0 Å². The van der Waals surface area contributed by atoms with E-state index >= 15 is 0 Å². The fourth-order valence-corrected chi connectivity index (χ4v) is 1.90. The van der Waals surface area contributed by atoms with Gasteiger partial charge in [0.25, 0.3) is 0 Å². The Morgan fingerprint density at radius 3 is 2.40 bits per heavy atom. The fraction of sp³-hybridized carbons (Fsp3) is 0.778. The van der Waals surface area contributed by atoms with Crippen molar-refractivity contribution in [2.45, 2.75) is 44.8 Å². The molecule has 10 heavy (non-hydrogen) atoms. The Bertz CT molecular complexity index is 76.8. The molecule has 0 atom stereocenters. The molecule has 0 nitrogen and oxygen atoms in total. The van der Waals surface area contributed by atoms with E-state index in [1.54, 1.807) is 0 Å². The first-order valence-electron chi connectivity index (χ1n) is 4.17. The minimum absolute atomic E-state index is 0.0525. The summed E-state index contributed by atoms with van der Waals surface area (Å²) < 4.78 is 0. The van der Waals surface area contributed by atoms with E-state index in [1.807, 2.05) is 6.08 Å². The van der Waals surface area contributed by atoms with Crippen LogP contribution in [-0.2, 0) is 0 Å². The maximum Gasteiger partial charge on any atom is 0.0412 e. The van der Waals surface area contributed by atoms with Gasteiger partial charge < -0.3 is 0 Å². The molecular formula is C9H19Si. The van der Waals surface area contributed by atoms with Crippen molar-refractivity contribution < 1.29 is 0 Å². The van der Waals surface area contributed by atoms with E-state index < -0.39 is 0 Å². The first-order chi connectivity index (χ1) is 4.77. The van der Waals surface area contributed by atoms with Crippen LogP contribution in [0.1, 0.15) is 25.7 Å². The van der Waals surface area contributed by atoms with E-state index in [1.165, 1.54) is 31.7 Å². The van der Waals surface area contributed by atoms with Crippen LogP contribution in [-0.4, -0.2) is 8.80 Å². The molecule has 1 heteroatoms. The van der Waals surface area contributed by atoms with Gasteiger partial charge in [0.15, 0.2) is 0 Å². The average Bonchev–Trinajstić information content (AvgIpc) is 1.87. The molecule has 0 aliphatic carbocycles. The van der Waals surface area contributed by atoms with Gasteiger partial charge in [-0.3, -0.25) is 0 Å². The summed E-state index contributed by atoms with van der Waals surface area (Å²) >= 11 is 0. The van der Waals surface area contributed by atoms with Crippen LogP contribution in [0.5, 0.6) is 0 Å². The molecule has 0 spiro atoms. The molecular weight excluding hydrogens is 136 g/mol. The maximum atomic E-state index is 3.70.